The summed E-state index contributed by atoms with van der Waals surface area (Å²) >= 11 is 17.0. The third-order valence-electron chi connectivity index (χ3n) is 3.13. The molecule has 2 N–H and O–H groups in total. The number of rotatable bonds is 2. The Kier molecular flexibility index (Phi) is 3.80. The van der Waals surface area contributed by atoms with Gasteiger partial charge >= 0.3 is 0 Å². The monoisotopic (exact) mass is 377 g/mol. The molecule has 1 aliphatic rings. The summed E-state index contributed by atoms with van der Waals surface area (Å²) in [4.78, 5) is 0. The van der Waals surface area contributed by atoms with Crippen molar-refractivity contribution in [3.8, 4) is 5.75 Å². The van der Waals surface area contributed by atoms with Gasteiger partial charge in [-0.1, -0.05) is 39.1 Å². The second-order valence-corrected chi connectivity index (χ2v) is 7.54. The zero-order valence-electron chi connectivity index (χ0n) is 9.75. The van der Waals surface area contributed by atoms with Crippen LogP contribution >= 0.6 is 50.5 Å². The molecular formula is C13H10BrCl2NOS. The molecular weight excluding hydrogens is 369 g/mol. The first-order chi connectivity index (χ1) is 9.06. The number of fused-ring (bicyclic) bond motifs is 1. The van der Waals surface area contributed by atoms with Crippen LogP contribution in [0.5, 0.6) is 5.75 Å². The maximum absolute atomic E-state index is 6.34. The Morgan fingerprint density at radius 3 is 2.74 bits per heavy atom. The average molecular weight is 379 g/mol. The Hall–Kier alpha value is -0.260. The molecule has 1 aliphatic heterocycles. The zero-order chi connectivity index (χ0) is 13.6. The van der Waals surface area contributed by atoms with Crippen LogP contribution in [-0.4, -0.2) is 6.61 Å². The van der Waals surface area contributed by atoms with Crippen LogP contribution in [0.2, 0.25) is 8.67 Å². The van der Waals surface area contributed by atoms with Gasteiger partial charge in [-0.05, 0) is 23.8 Å². The molecule has 0 spiro atoms. The highest BCUT2D eigenvalue weighted by Gasteiger charge is 2.24. The van der Waals surface area contributed by atoms with Crippen LogP contribution in [0.1, 0.15) is 22.7 Å². The molecule has 0 radical (unpaired) electrons. The van der Waals surface area contributed by atoms with Crippen LogP contribution < -0.4 is 10.5 Å². The second kappa shape index (κ2) is 5.26. The molecule has 0 saturated carbocycles. The van der Waals surface area contributed by atoms with Gasteiger partial charge < -0.3 is 10.5 Å². The third-order valence-corrected chi connectivity index (χ3v) is 5.11. The number of benzene rings is 1. The summed E-state index contributed by atoms with van der Waals surface area (Å²) in [7, 11) is 0. The summed E-state index contributed by atoms with van der Waals surface area (Å²) in [6.07, 6.45) is 0.909. The van der Waals surface area contributed by atoms with Crippen LogP contribution in [0.4, 0.5) is 0 Å². The number of hydrogen-bond acceptors (Lipinski definition) is 3. The van der Waals surface area contributed by atoms with Crippen molar-refractivity contribution in [1.29, 1.82) is 0 Å². The SMILES string of the molecule is NC(c1cc(Cl)sc1Cl)c1cc(Br)cc2c1OCC2. The van der Waals surface area contributed by atoms with Crippen molar-refractivity contribution in [1.82, 2.24) is 0 Å². The largest absolute Gasteiger partial charge is 0.493 e. The van der Waals surface area contributed by atoms with Gasteiger partial charge in [0.1, 0.15) is 5.75 Å². The Morgan fingerprint density at radius 2 is 2.05 bits per heavy atom. The van der Waals surface area contributed by atoms with E-state index in [0.717, 1.165) is 27.8 Å². The fourth-order valence-corrected chi connectivity index (χ4v) is 4.33. The van der Waals surface area contributed by atoms with Gasteiger partial charge in [-0.2, -0.15) is 0 Å². The van der Waals surface area contributed by atoms with E-state index < -0.39 is 0 Å². The minimum absolute atomic E-state index is 0.333. The quantitative estimate of drug-likeness (QED) is 0.814. The average Bonchev–Trinajstić information content (AvgIpc) is 2.93. The fourth-order valence-electron chi connectivity index (χ4n) is 2.26. The van der Waals surface area contributed by atoms with E-state index in [1.807, 2.05) is 12.1 Å². The normalized spacial score (nSPS) is 15.2. The maximum Gasteiger partial charge on any atom is 0.127 e. The molecule has 3 rings (SSSR count). The molecule has 0 aliphatic carbocycles. The first-order valence-corrected chi connectivity index (χ1v) is 8.08. The van der Waals surface area contributed by atoms with Gasteiger partial charge in [-0.25, -0.2) is 0 Å². The lowest BCUT2D eigenvalue weighted by Crippen LogP contribution is -2.12. The lowest BCUT2D eigenvalue weighted by Gasteiger charge is -2.16. The highest BCUT2D eigenvalue weighted by Crippen LogP contribution is 2.42. The molecule has 1 unspecified atom stereocenters. The first-order valence-electron chi connectivity index (χ1n) is 5.71. The lowest BCUT2D eigenvalue weighted by molar-refractivity contribution is 0.352. The molecule has 0 fully saturated rings. The number of halogens is 3. The molecule has 0 bridgehead atoms. The molecule has 2 nitrogen and oxygen atoms in total. The summed E-state index contributed by atoms with van der Waals surface area (Å²) in [6, 6.07) is 5.54. The van der Waals surface area contributed by atoms with E-state index in [-0.39, 0.29) is 6.04 Å². The lowest BCUT2D eigenvalue weighted by atomic mass is 9.98. The van der Waals surface area contributed by atoms with E-state index in [2.05, 4.69) is 22.0 Å². The summed E-state index contributed by atoms with van der Waals surface area (Å²) in [5, 5.41) is 0. The summed E-state index contributed by atoms with van der Waals surface area (Å²) in [5.74, 6) is 0.883. The van der Waals surface area contributed by atoms with Crippen molar-refractivity contribution in [2.75, 3.05) is 6.61 Å². The Morgan fingerprint density at radius 1 is 1.26 bits per heavy atom. The van der Waals surface area contributed by atoms with Crippen molar-refractivity contribution in [2.24, 2.45) is 5.73 Å². The van der Waals surface area contributed by atoms with Crippen LogP contribution in [0.3, 0.4) is 0 Å². The molecule has 19 heavy (non-hydrogen) atoms. The maximum atomic E-state index is 6.34. The Balaban J connectivity index is 2.09. The zero-order valence-corrected chi connectivity index (χ0v) is 13.7. The minimum Gasteiger partial charge on any atom is -0.493 e. The van der Waals surface area contributed by atoms with Crippen molar-refractivity contribution < 1.29 is 4.74 Å². The summed E-state index contributed by atoms with van der Waals surface area (Å²) in [6.45, 7) is 0.698. The van der Waals surface area contributed by atoms with E-state index in [1.165, 1.54) is 16.9 Å². The topological polar surface area (TPSA) is 35.2 Å². The van der Waals surface area contributed by atoms with E-state index in [9.17, 15) is 0 Å². The molecule has 1 aromatic carbocycles. The molecule has 2 heterocycles. The Labute approximate surface area is 133 Å². The van der Waals surface area contributed by atoms with Crippen molar-refractivity contribution in [2.45, 2.75) is 12.5 Å². The predicted octanol–water partition coefficient (Wildman–Crippen LogP) is 4.80. The number of ether oxygens (including phenoxy) is 1. The first kappa shape index (κ1) is 13.7. The van der Waals surface area contributed by atoms with Crippen LogP contribution in [0, 0.1) is 0 Å². The van der Waals surface area contributed by atoms with Crippen molar-refractivity contribution in [3.63, 3.8) is 0 Å². The van der Waals surface area contributed by atoms with Gasteiger partial charge in [0.25, 0.3) is 0 Å². The van der Waals surface area contributed by atoms with E-state index >= 15 is 0 Å². The summed E-state index contributed by atoms with van der Waals surface area (Å²) in [5.41, 5.74) is 9.30. The van der Waals surface area contributed by atoms with Crippen LogP contribution in [0.25, 0.3) is 0 Å². The molecule has 0 saturated heterocycles. The Bertz CT molecular complexity index is 644. The van der Waals surface area contributed by atoms with Crippen molar-refractivity contribution >= 4 is 50.5 Å². The molecule has 2 aromatic rings. The van der Waals surface area contributed by atoms with E-state index in [4.69, 9.17) is 33.7 Å². The number of hydrogen-bond donors (Lipinski definition) is 1. The highest BCUT2D eigenvalue weighted by atomic mass is 79.9. The predicted molar refractivity (Wildman–Crippen MR) is 83.7 cm³/mol. The number of nitrogens with two attached hydrogens (primary N) is 1. The van der Waals surface area contributed by atoms with Crippen LogP contribution in [-0.2, 0) is 6.42 Å². The summed E-state index contributed by atoms with van der Waals surface area (Å²) < 4.78 is 7.97. The molecule has 1 aromatic heterocycles. The van der Waals surface area contributed by atoms with Crippen molar-refractivity contribution in [3.05, 3.63) is 48.0 Å². The van der Waals surface area contributed by atoms with Crippen LogP contribution in [0.15, 0.2) is 22.7 Å². The van der Waals surface area contributed by atoms with Gasteiger partial charge in [-0.3, -0.25) is 0 Å². The molecule has 0 amide bonds. The minimum atomic E-state index is -0.333. The van der Waals surface area contributed by atoms with E-state index in [1.54, 1.807) is 0 Å². The van der Waals surface area contributed by atoms with Gasteiger partial charge in [0.05, 0.1) is 21.3 Å². The smallest absolute Gasteiger partial charge is 0.127 e. The molecule has 100 valence electrons. The van der Waals surface area contributed by atoms with Gasteiger partial charge in [0, 0.05) is 22.0 Å². The molecule has 1 atom stereocenters. The number of thiophene rings is 1. The van der Waals surface area contributed by atoms with Gasteiger partial charge in [-0.15, -0.1) is 11.3 Å². The van der Waals surface area contributed by atoms with Gasteiger partial charge in [0.15, 0.2) is 0 Å². The molecule has 6 heteroatoms. The van der Waals surface area contributed by atoms with E-state index in [0.29, 0.717) is 15.3 Å². The van der Waals surface area contributed by atoms with Gasteiger partial charge in [0.2, 0.25) is 0 Å². The fraction of sp³-hybridized carbons (Fsp3) is 0.231. The highest BCUT2D eigenvalue weighted by molar-refractivity contribution is 9.10. The second-order valence-electron chi connectivity index (χ2n) is 4.34. The standard InChI is InChI=1S/C13H10BrCl2NOS/c14-7-3-6-1-2-18-12(6)8(4-7)11(17)9-5-10(15)19-13(9)16/h3-5,11H,1-2,17H2. The third kappa shape index (κ3) is 2.52.